The van der Waals surface area contributed by atoms with Gasteiger partial charge >= 0.3 is 0 Å². The highest BCUT2D eigenvalue weighted by molar-refractivity contribution is 5.83. The van der Waals surface area contributed by atoms with Gasteiger partial charge in [0.25, 0.3) is 5.79 Å². The highest BCUT2D eigenvalue weighted by Gasteiger charge is 2.57. The molecule has 5 atom stereocenters. The quantitative estimate of drug-likeness (QED) is 0.313. The van der Waals surface area contributed by atoms with Crippen LogP contribution in [0.5, 0.6) is 11.5 Å². The van der Waals surface area contributed by atoms with E-state index >= 15 is 0 Å². The van der Waals surface area contributed by atoms with Crippen LogP contribution in [-0.2, 0) is 24.1 Å². The number of benzene rings is 2. The number of hydrogen-bond acceptors (Lipinski definition) is 9. The molecule has 2 aliphatic heterocycles. The smallest absolute Gasteiger partial charge is 0.288 e. The van der Waals surface area contributed by atoms with Crippen LogP contribution in [0.15, 0.2) is 36.7 Å². The third kappa shape index (κ3) is 3.92. The first-order valence-corrected chi connectivity index (χ1v) is 11.2. The first-order valence-electron chi connectivity index (χ1n) is 11.2. The number of rotatable bonds is 6. The number of fused-ring (bicyclic) bond motifs is 2. The first kappa shape index (κ1) is 23.0. The molecule has 0 amide bonds. The number of aliphatic hydroxyl groups is 5. The Morgan fingerprint density at radius 1 is 1.21 bits per heavy atom. The summed E-state index contributed by atoms with van der Waals surface area (Å²) in [5, 5.41) is 51.4. The van der Waals surface area contributed by atoms with E-state index in [4.69, 9.17) is 14.2 Å². The van der Waals surface area contributed by atoms with Crippen molar-refractivity contribution in [2.45, 2.75) is 56.7 Å². The molecule has 0 saturated carbocycles. The Kier molecular flexibility index (Phi) is 5.96. The molecule has 0 aliphatic carbocycles. The lowest BCUT2D eigenvalue weighted by Crippen LogP contribution is -2.69. The van der Waals surface area contributed by atoms with Gasteiger partial charge in [0.05, 0.1) is 25.1 Å². The fourth-order valence-corrected chi connectivity index (χ4v) is 4.57. The van der Waals surface area contributed by atoms with E-state index in [1.807, 2.05) is 29.7 Å². The average Bonchev–Trinajstić information content (AvgIpc) is 3.45. The lowest BCUT2D eigenvalue weighted by molar-refractivity contribution is -0.385. The van der Waals surface area contributed by atoms with Gasteiger partial charge in [-0.2, -0.15) is 0 Å². The van der Waals surface area contributed by atoms with E-state index in [0.717, 1.165) is 23.3 Å². The van der Waals surface area contributed by atoms with Crippen LogP contribution in [0.3, 0.4) is 0 Å². The second-order valence-electron chi connectivity index (χ2n) is 8.86. The van der Waals surface area contributed by atoms with Gasteiger partial charge in [-0.1, -0.05) is 12.1 Å². The van der Waals surface area contributed by atoms with Gasteiger partial charge in [0.15, 0.2) is 6.10 Å². The highest BCUT2D eigenvalue weighted by atomic mass is 16.7. The van der Waals surface area contributed by atoms with Crippen molar-refractivity contribution >= 4 is 11.0 Å². The van der Waals surface area contributed by atoms with Gasteiger partial charge in [0, 0.05) is 13.0 Å². The molecule has 182 valence electrons. The standard InChI is InChI=1S/C24H28N2O8/c1-13-8-16-20(18(9-13)34-24(31)22(29)21(28)19(11-27)33-23(24)30)26(12-25-16)6-4-14-2-3-17-15(10-14)5-7-32-17/h2-3,8-10,12,19,21-23,27-31H,4-7,11H2,1H3/t19-,21-,22+,23?,24+/m1/s1. The van der Waals surface area contributed by atoms with Gasteiger partial charge in [-0.05, 0) is 48.2 Å². The van der Waals surface area contributed by atoms with Crippen molar-refractivity contribution < 1.29 is 39.7 Å². The summed E-state index contributed by atoms with van der Waals surface area (Å²) in [5.74, 6) is -1.58. The van der Waals surface area contributed by atoms with Crippen molar-refractivity contribution in [3.8, 4) is 11.5 Å². The van der Waals surface area contributed by atoms with E-state index in [-0.39, 0.29) is 5.75 Å². The number of aromatic nitrogens is 2. The predicted octanol–water partition coefficient (Wildman–Crippen LogP) is 0.0210. The molecule has 3 heterocycles. The van der Waals surface area contributed by atoms with Crippen molar-refractivity contribution in [2.75, 3.05) is 13.2 Å². The monoisotopic (exact) mass is 472 g/mol. The second kappa shape index (κ2) is 8.81. The topological polar surface area (TPSA) is 147 Å². The van der Waals surface area contributed by atoms with Crippen molar-refractivity contribution in [1.82, 2.24) is 9.55 Å². The third-order valence-corrected chi connectivity index (χ3v) is 6.46. The Labute approximate surface area is 195 Å². The minimum atomic E-state index is -2.67. The highest BCUT2D eigenvalue weighted by Crippen LogP contribution is 2.36. The maximum Gasteiger partial charge on any atom is 0.288 e. The molecular formula is C24H28N2O8. The van der Waals surface area contributed by atoms with Crippen LogP contribution in [0, 0.1) is 6.92 Å². The molecule has 1 saturated heterocycles. The Bertz CT molecular complexity index is 1200. The lowest BCUT2D eigenvalue weighted by atomic mass is 9.96. The summed E-state index contributed by atoms with van der Waals surface area (Å²) in [6, 6.07) is 9.65. The summed E-state index contributed by atoms with van der Waals surface area (Å²) in [7, 11) is 0. The lowest BCUT2D eigenvalue weighted by Gasteiger charge is -2.45. The second-order valence-corrected chi connectivity index (χ2v) is 8.86. The summed E-state index contributed by atoms with van der Waals surface area (Å²) in [6.45, 7) is 2.43. The molecule has 2 aromatic carbocycles. The third-order valence-electron chi connectivity index (χ3n) is 6.46. The zero-order valence-electron chi connectivity index (χ0n) is 18.7. The molecule has 3 aromatic rings. The number of hydrogen-bond donors (Lipinski definition) is 5. The zero-order valence-corrected chi connectivity index (χ0v) is 18.7. The summed E-state index contributed by atoms with van der Waals surface area (Å²) >= 11 is 0. The molecule has 0 bridgehead atoms. The van der Waals surface area contributed by atoms with Crippen LogP contribution in [-0.4, -0.2) is 78.7 Å². The van der Waals surface area contributed by atoms with Crippen molar-refractivity contribution in [1.29, 1.82) is 0 Å². The minimum absolute atomic E-state index is 0.161. The fraction of sp³-hybridized carbons (Fsp3) is 0.458. The van der Waals surface area contributed by atoms with Crippen LogP contribution in [0.1, 0.15) is 16.7 Å². The van der Waals surface area contributed by atoms with E-state index in [1.54, 1.807) is 12.4 Å². The van der Waals surface area contributed by atoms with Gasteiger partial charge in [0.2, 0.25) is 6.29 Å². The molecule has 1 fully saturated rings. The van der Waals surface area contributed by atoms with Crippen molar-refractivity contribution in [3.63, 3.8) is 0 Å². The molecule has 10 heteroatoms. The maximum atomic E-state index is 11.0. The predicted molar refractivity (Wildman–Crippen MR) is 119 cm³/mol. The Hall–Kier alpha value is -2.73. The zero-order chi connectivity index (χ0) is 24.0. The Morgan fingerprint density at radius 2 is 2.03 bits per heavy atom. The number of aliphatic hydroxyl groups excluding tert-OH is 4. The first-order chi connectivity index (χ1) is 16.3. The molecule has 1 aromatic heterocycles. The average molecular weight is 472 g/mol. The van der Waals surface area contributed by atoms with Crippen LogP contribution >= 0.6 is 0 Å². The number of nitrogens with zero attached hydrogens (tertiary/aromatic N) is 2. The van der Waals surface area contributed by atoms with Crippen molar-refractivity contribution in [3.05, 3.63) is 53.3 Å². The van der Waals surface area contributed by atoms with E-state index in [9.17, 15) is 25.5 Å². The summed E-state index contributed by atoms with van der Waals surface area (Å²) in [4.78, 5) is 4.45. The number of imidazole rings is 1. The molecule has 2 aliphatic rings. The summed E-state index contributed by atoms with van der Waals surface area (Å²) in [6.07, 6.45) is -3.62. The molecule has 5 rings (SSSR count). The Morgan fingerprint density at radius 3 is 2.82 bits per heavy atom. The fourth-order valence-electron chi connectivity index (χ4n) is 4.57. The number of ether oxygens (including phenoxy) is 3. The van der Waals surface area contributed by atoms with Gasteiger partial charge in [-0.15, -0.1) is 0 Å². The SMILES string of the molecule is Cc1cc(O[C@]2(O)C(O)O[C@H](CO)[C@@H](O)[C@@H]2O)c2c(c1)ncn2CCc1ccc2c(c1)CCO2. The van der Waals surface area contributed by atoms with E-state index in [1.165, 1.54) is 5.56 Å². The summed E-state index contributed by atoms with van der Waals surface area (Å²) < 4.78 is 18.3. The minimum Gasteiger partial charge on any atom is -0.493 e. The molecular weight excluding hydrogens is 444 g/mol. The Balaban J connectivity index is 1.44. The van der Waals surface area contributed by atoms with E-state index in [0.29, 0.717) is 30.6 Å². The molecule has 0 spiro atoms. The van der Waals surface area contributed by atoms with Crippen LogP contribution in [0.2, 0.25) is 0 Å². The van der Waals surface area contributed by atoms with Crippen LogP contribution in [0.25, 0.3) is 11.0 Å². The van der Waals surface area contributed by atoms with Crippen molar-refractivity contribution in [2.24, 2.45) is 0 Å². The molecule has 5 N–H and O–H groups in total. The van der Waals surface area contributed by atoms with Gasteiger partial charge in [0.1, 0.15) is 29.2 Å². The van der Waals surface area contributed by atoms with Gasteiger partial charge in [-0.25, -0.2) is 4.98 Å². The van der Waals surface area contributed by atoms with Gasteiger partial charge < -0.3 is 44.3 Å². The van der Waals surface area contributed by atoms with E-state index in [2.05, 4.69) is 11.1 Å². The van der Waals surface area contributed by atoms with Gasteiger partial charge in [-0.3, -0.25) is 0 Å². The maximum absolute atomic E-state index is 11.0. The summed E-state index contributed by atoms with van der Waals surface area (Å²) in [5.41, 5.74) is 4.28. The van der Waals surface area contributed by atoms with E-state index < -0.39 is 37.0 Å². The van der Waals surface area contributed by atoms with Crippen LogP contribution < -0.4 is 9.47 Å². The normalized spacial score (nSPS) is 28.6. The molecule has 34 heavy (non-hydrogen) atoms. The van der Waals surface area contributed by atoms with Crippen LogP contribution in [0.4, 0.5) is 0 Å². The molecule has 1 unspecified atom stereocenters. The largest absolute Gasteiger partial charge is 0.493 e. The molecule has 0 radical (unpaired) electrons. The molecule has 10 nitrogen and oxygen atoms in total. The number of aryl methyl sites for hydroxylation is 3.